The minimum atomic E-state index is -0.303. The molecule has 1 fully saturated rings. The fraction of sp³-hybridized carbons (Fsp3) is 0.500. The van der Waals surface area contributed by atoms with Gasteiger partial charge in [0, 0.05) is 26.3 Å². The van der Waals surface area contributed by atoms with Gasteiger partial charge in [0.05, 0.1) is 10.6 Å². The highest BCUT2D eigenvalue weighted by molar-refractivity contribution is 8.16. The molecule has 1 N–H and O–H groups in total. The number of nitrogens with zero attached hydrogens (tertiary/aromatic N) is 3. The zero-order valence-corrected chi connectivity index (χ0v) is 14.3. The van der Waals surface area contributed by atoms with Gasteiger partial charge in [-0.3, -0.25) is 9.59 Å². The molecule has 7 heteroatoms. The maximum atomic E-state index is 11.8. The Balaban J connectivity index is 2.20. The van der Waals surface area contributed by atoms with Gasteiger partial charge in [-0.1, -0.05) is 19.3 Å². The summed E-state index contributed by atoms with van der Waals surface area (Å²) in [7, 11) is 3.54. The molecule has 23 heavy (non-hydrogen) atoms. The fourth-order valence-corrected chi connectivity index (χ4v) is 3.21. The molecule has 1 saturated carbocycles. The summed E-state index contributed by atoms with van der Waals surface area (Å²) in [5, 5.41) is 2.52. The third-order valence-electron chi connectivity index (χ3n) is 4.01. The molecule has 0 bridgehead atoms. The maximum absolute atomic E-state index is 11.8. The van der Waals surface area contributed by atoms with Gasteiger partial charge in [-0.15, -0.1) is 0 Å². The Kier molecular flexibility index (Phi) is 6.58. The van der Waals surface area contributed by atoms with Crippen molar-refractivity contribution in [3.8, 4) is 0 Å². The first-order valence-electron chi connectivity index (χ1n) is 7.75. The van der Waals surface area contributed by atoms with Crippen molar-refractivity contribution in [1.29, 1.82) is 0 Å². The van der Waals surface area contributed by atoms with Gasteiger partial charge in [0.2, 0.25) is 5.95 Å². The van der Waals surface area contributed by atoms with E-state index in [1.165, 1.54) is 26.3 Å². The quantitative estimate of drug-likeness (QED) is 0.635. The van der Waals surface area contributed by atoms with Crippen molar-refractivity contribution in [1.82, 2.24) is 15.3 Å². The molecular weight excluding hydrogens is 312 g/mol. The third kappa shape index (κ3) is 4.79. The number of anilines is 1. The number of amides is 1. The second-order valence-electron chi connectivity index (χ2n) is 5.49. The molecule has 124 valence electrons. The monoisotopic (exact) mass is 334 g/mol. The second-order valence-corrected chi connectivity index (χ2v) is 6.35. The van der Waals surface area contributed by atoms with Gasteiger partial charge < -0.3 is 10.2 Å². The van der Waals surface area contributed by atoms with E-state index in [-0.39, 0.29) is 5.91 Å². The van der Waals surface area contributed by atoms with Crippen LogP contribution in [0.5, 0.6) is 0 Å². The maximum Gasteiger partial charge on any atom is 0.257 e. The molecule has 1 aliphatic rings. The lowest BCUT2D eigenvalue weighted by Gasteiger charge is -2.31. The molecule has 6 nitrogen and oxygen atoms in total. The van der Waals surface area contributed by atoms with Gasteiger partial charge in [-0.2, -0.15) is 0 Å². The lowest BCUT2D eigenvalue weighted by molar-refractivity contribution is -0.116. The highest BCUT2D eigenvalue weighted by Gasteiger charge is 2.20. The van der Waals surface area contributed by atoms with Crippen molar-refractivity contribution in [3.05, 3.63) is 22.9 Å². The van der Waals surface area contributed by atoms with Crippen LogP contribution in [0.1, 0.15) is 37.8 Å². The predicted octanol–water partition coefficient (Wildman–Crippen LogP) is 2.26. The molecule has 1 aliphatic carbocycles. The molecule has 0 saturated heterocycles. The normalized spacial score (nSPS) is 16.0. The van der Waals surface area contributed by atoms with Crippen LogP contribution >= 0.6 is 11.8 Å². The van der Waals surface area contributed by atoms with Crippen molar-refractivity contribution in [2.75, 3.05) is 19.0 Å². The third-order valence-corrected chi connectivity index (χ3v) is 4.66. The minimum Gasteiger partial charge on any atom is -0.355 e. The highest BCUT2D eigenvalue weighted by atomic mass is 32.2. The van der Waals surface area contributed by atoms with E-state index >= 15 is 0 Å². The van der Waals surface area contributed by atoms with Crippen LogP contribution in [0.2, 0.25) is 0 Å². The Bertz CT molecular complexity index is 585. The van der Waals surface area contributed by atoms with Gasteiger partial charge in [-0.05, 0) is 36.7 Å². The topological polar surface area (TPSA) is 75.2 Å². The van der Waals surface area contributed by atoms with Crippen LogP contribution in [0.4, 0.5) is 5.95 Å². The summed E-state index contributed by atoms with van der Waals surface area (Å²) < 4.78 is 0. The molecule has 0 spiro atoms. The van der Waals surface area contributed by atoms with Crippen molar-refractivity contribution < 1.29 is 9.59 Å². The van der Waals surface area contributed by atoms with Crippen LogP contribution < -0.4 is 10.2 Å². The first-order chi connectivity index (χ1) is 11.2. The lowest BCUT2D eigenvalue weighted by atomic mass is 9.95. The SMILES string of the molecule is CNC(=O)/C(=C/c1ccnc(N(C)C2CCCCC2)n1)SC=O. The van der Waals surface area contributed by atoms with Gasteiger partial charge in [-0.25, -0.2) is 9.97 Å². The Morgan fingerprint density at radius 1 is 1.39 bits per heavy atom. The predicted molar refractivity (Wildman–Crippen MR) is 93.7 cm³/mol. The number of aromatic nitrogens is 2. The van der Waals surface area contributed by atoms with Crippen LogP contribution in [0.15, 0.2) is 17.2 Å². The van der Waals surface area contributed by atoms with Gasteiger partial charge >= 0.3 is 0 Å². The number of rotatable bonds is 6. The van der Waals surface area contributed by atoms with E-state index in [4.69, 9.17) is 0 Å². The average Bonchev–Trinajstić information content (AvgIpc) is 2.61. The van der Waals surface area contributed by atoms with E-state index in [0.717, 1.165) is 24.6 Å². The molecule has 1 amide bonds. The number of thioether (sulfide) groups is 1. The number of hydrogen-bond donors (Lipinski definition) is 1. The number of likely N-dealkylation sites (N-methyl/N-ethyl adjacent to an activating group) is 1. The summed E-state index contributed by atoms with van der Waals surface area (Å²) in [5.41, 5.74) is 1.25. The van der Waals surface area contributed by atoms with E-state index in [0.29, 0.717) is 28.2 Å². The van der Waals surface area contributed by atoms with Crippen LogP contribution in [0.3, 0.4) is 0 Å². The van der Waals surface area contributed by atoms with Crippen LogP contribution in [0.25, 0.3) is 6.08 Å². The van der Waals surface area contributed by atoms with Crippen molar-refractivity contribution in [2.45, 2.75) is 38.1 Å². The van der Waals surface area contributed by atoms with E-state index in [2.05, 4.69) is 20.2 Å². The van der Waals surface area contributed by atoms with Crippen molar-refractivity contribution >= 4 is 35.3 Å². The summed E-state index contributed by atoms with van der Waals surface area (Å²) in [6, 6.07) is 2.19. The van der Waals surface area contributed by atoms with E-state index in [1.807, 2.05) is 7.05 Å². The fourth-order valence-electron chi connectivity index (χ4n) is 2.71. The first-order valence-corrected chi connectivity index (χ1v) is 8.63. The Morgan fingerprint density at radius 2 is 2.13 bits per heavy atom. The molecule has 0 atom stereocenters. The largest absolute Gasteiger partial charge is 0.355 e. The Morgan fingerprint density at radius 3 is 2.78 bits per heavy atom. The average molecular weight is 334 g/mol. The van der Waals surface area contributed by atoms with Crippen LogP contribution in [-0.2, 0) is 9.59 Å². The highest BCUT2D eigenvalue weighted by Crippen LogP contribution is 2.24. The summed E-state index contributed by atoms with van der Waals surface area (Å²) in [4.78, 5) is 33.8. The molecule has 0 radical (unpaired) electrons. The van der Waals surface area contributed by atoms with E-state index in [1.54, 1.807) is 18.3 Å². The zero-order chi connectivity index (χ0) is 16.7. The van der Waals surface area contributed by atoms with Gasteiger partial charge in [0.15, 0.2) is 5.62 Å². The Hall–Kier alpha value is -1.89. The molecule has 0 unspecified atom stereocenters. The first kappa shape index (κ1) is 17.5. The van der Waals surface area contributed by atoms with Crippen LogP contribution in [0, 0.1) is 0 Å². The molecule has 2 rings (SSSR count). The number of hydrogen-bond acceptors (Lipinski definition) is 6. The molecular formula is C16H22N4O2S. The smallest absolute Gasteiger partial charge is 0.257 e. The van der Waals surface area contributed by atoms with Gasteiger partial charge in [0.25, 0.3) is 5.91 Å². The number of nitrogens with one attached hydrogen (secondary N) is 1. The van der Waals surface area contributed by atoms with Crippen molar-refractivity contribution in [3.63, 3.8) is 0 Å². The standard InChI is InChI=1S/C16H22N4O2S/c1-17-15(22)14(23-11-21)10-12-8-9-18-16(19-12)20(2)13-6-4-3-5-7-13/h8-11,13H,3-7H2,1-2H3,(H,17,22)/b14-10-. The lowest BCUT2D eigenvalue weighted by Crippen LogP contribution is -2.34. The van der Waals surface area contributed by atoms with Crippen molar-refractivity contribution in [2.24, 2.45) is 0 Å². The zero-order valence-electron chi connectivity index (χ0n) is 13.5. The van der Waals surface area contributed by atoms with Gasteiger partial charge in [0.1, 0.15) is 0 Å². The van der Waals surface area contributed by atoms with E-state index < -0.39 is 0 Å². The summed E-state index contributed by atoms with van der Waals surface area (Å²) in [5.74, 6) is 0.348. The number of carbonyl (C=O) groups is 2. The molecule has 0 aliphatic heterocycles. The number of carbonyl (C=O) groups excluding carboxylic acids is 2. The summed E-state index contributed by atoms with van der Waals surface area (Å²) in [6.45, 7) is 0. The minimum absolute atomic E-state index is 0.303. The molecule has 0 aromatic carbocycles. The summed E-state index contributed by atoms with van der Waals surface area (Å²) >= 11 is 0.841. The molecule has 1 aromatic rings. The second kappa shape index (κ2) is 8.67. The van der Waals surface area contributed by atoms with Crippen LogP contribution in [-0.4, -0.2) is 41.6 Å². The van der Waals surface area contributed by atoms with E-state index in [9.17, 15) is 9.59 Å². The summed E-state index contributed by atoms with van der Waals surface area (Å²) in [6.07, 6.45) is 9.39. The Labute approximate surface area is 140 Å². The molecule has 1 aromatic heterocycles. The molecule has 1 heterocycles.